The van der Waals surface area contributed by atoms with Crippen molar-refractivity contribution in [2.75, 3.05) is 11.9 Å². The number of urea groups is 1. The number of carbonyl (C=O) groups excluding carboxylic acids is 1. The molecule has 1 rings (SSSR count). The number of benzene rings is 1. The van der Waals surface area contributed by atoms with Crippen LogP contribution >= 0.6 is 15.9 Å². The second-order valence-electron chi connectivity index (χ2n) is 4.27. The molecule has 0 aliphatic carbocycles. The Kier molecular flexibility index (Phi) is 6.35. The van der Waals surface area contributed by atoms with Crippen molar-refractivity contribution >= 4 is 33.6 Å². The predicted octanol–water partition coefficient (Wildman–Crippen LogP) is 3.07. The molecular formula is C13H17BrN2O3. The normalized spacial score (nSPS) is 11.7. The molecule has 0 fully saturated rings. The quantitative estimate of drug-likeness (QED) is 0.702. The summed E-state index contributed by atoms with van der Waals surface area (Å²) >= 11 is 3.31. The number of aliphatic carboxylic acids is 1. The smallest absolute Gasteiger partial charge is 0.319 e. The van der Waals surface area contributed by atoms with Crippen molar-refractivity contribution < 1.29 is 14.7 Å². The Morgan fingerprint density at radius 1 is 1.32 bits per heavy atom. The summed E-state index contributed by atoms with van der Waals surface area (Å²) in [7, 11) is 0. The highest BCUT2D eigenvalue weighted by Gasteiger charge is 2.10. The minimum atomic E-state index is -0.806. The number of anilines is 1. The number of halogens is 1. The molecule has 104 valence electrons. The highest BCUT2D eigenvalue weighted by molar-refractivity contribution is 9.10. The van der Waals surface area contributed by atoms with E-state index in [0.717, 1.165) is 4.47 Å². The summed E-state index contributed by atoms with van der Waals surface area (Å²) in [6, 6.07) is 6.96. The molecule has 0 saturated heterocycles. The van der Waals surface area contributed by atoms with Gasteiger partial charge in [0, 0.05) is 16.7 Å². The second-order valence-corrected chi connectivity index (χ2v) is 5.18. The van der Waals surface area contributed by atoms with E-state index in [1.165, 1.54) is 0 Å². The van der Waals surface area contributed by atoms with Gasteiger partial charge in [0.05, 0.1) is 5.92 Å². The molecule has 1 atom stereocenters. The summed E-state index contributed by atoms with van der Waals surface area (Å²) in [5.41, 5.74) is 0.708. The zero-order valence-corrected chi connectivity index (χ0v) is 12.2. The number of rotatable bonds is 6. The van der Waals surface area contributed by atoms with Gasteiger partial charge in [-0.3, -0.25) is 4.79 Å². The van der Waals surface area contributed by atoms with Gasteiger partial charge < -0.3 is 15.7 Å². The fourth-order valence-corrected chi connectivity index (χ4v) is 1.71. The van der Waals surface area contributed by atoms with Gasteiger partial charge in [-0.05, 0) is 37.1 Å². The highest BCUT2D eigenvalue weighted by atomic mass is 79.9. The minimum Gasteiger partial charge on any atom is -0.481 e. The summed E-state index contributed by atoms with van der Waals surface area (Å²) in [4.78, 5) is 22.1. The topological polar surface area (TPSA) is 78.4 Å². The van der Waals surface area contributed by atoms with E-state index >= 15 is 0 Å². The lowest BCUT2D eigenvalue weighted by molar-refractivity contribution is -0.141. The van der Waals surface area contributed by atoms with Gasteiger partial charge in [0.25, 0.3) is 0 Å². The Bertz CT molecular complexity index is 434. The first-order valence-electron chi connectivity index (χ1n) is 6.02. The number of carboxylic acids is 1. The van der Waals surface area contributed by atoms with Crippen molar-refractivity contribution in [1.82, 2.24) is 5.32 Å². The van der Waals surface area contributed by atoms with Crippen LogP contribution in [0.2, 0.25) is 0 Å². The number of carbonyl (C=O) groups is 2. The predicted molar refractivity (Wildman–Crippen MR) is 77.2 cm³/mol. The van der Waals surface area contributed by atoms with E-state index in [2.05, 4.69) is 26.6 Å². The summed E-state index contributed by atoms with van der Waals surface area (Å²) < 4.78 is 0.945. The standard InChI is InChI=1S/C13H17BrN2O3/c1-9(12(17)18)3-2-8-15-13(19)16-11-6-4-10(14)5-7-11/h4-7,9H,2-3,8H2,1H3,(H,17,18)(H2,15,16,19). The molecule has 6 heteroatoms. The Labute approximate surface area is 120 Å². The summed E-state index contributed by atoms with van der Waals surface area (Å²) in [6.45, 7) is 2.12. The average molecular weight is 329 g/mol. The molecule has 0 bridgehead atoms. The van der Waals surface area contributed by atoms with Gasteiger partial charge in [-0.2, -0.15) is 0 Å². The van der Waals surface area contributed by atoms with Crippen LogP contribution in [0.4, 0.5) is 10.5 Å². The molecule has 0 aromatic heterocycles. The van der Waals surface area contributed by atoms with Crippen LogP contribution in [0, 0.1) is 5.92 Å². The van der Waals surface area contributed by atoms with E-state index < -0.39 is 5.97 Å². The molecule has 19 heavy (non-hydrogen) atoms. The van der Waals surface area contributed by atoms with Gasteiger partial charge in [-0.1, -0.05) is 22.9 Å². The fourth-order valence-electron chi connectivity index (χ4n) is 1.44. The average Bonchev–Trinajstić information content (AvgIpc) is 2.37. The largest absolute Gasteiger partial charge is 0.481 e. The van der Waals surface area contributed by atoms with Crippen LogP contribution in [0.3, 0.4) is 0 Å². The Morgan fingerprint density at radius 3 is 2.53 bits per heavy atom. The molecule has 0 heterocycles. The van der Waals surface area contributed by atoms with Crippen LogP contribution in [-0.2, 0) is 4.79 Å². The van der Waals surface area contributed by atoms with Crippen LogP contribution in [0.1, 0.15) is 19.8 Å². The van der Waals surface area contributed by atoms with Gasteiger partial charge in [-0.15, -0.1) is 0 Å². The van der Waals surface area contributed by atoms with Crippen LogP contribution in [-0.4, -0.2) is 23.7 Å². The Balaban J connectivity index is 2.21. The molecule has 0 saturated carbocycles. The first-order chi connectivity index (χ1) is 8.99. The third kappa shape index (κ3) is 6.24. The van der Waals surface area contributed by atoms with Crippen LogP contribution < -0.4 is 10.6 Å². The van der Waals surface area contributed by atoms with E-state index in [1.54, 1.807) is 19.1 Å². The van der Waals surface area contributed by atoms with Gasteiger partial charge >= 0.3 is 12.0 Å². The molecular weight excluding hydrogens is 312 g/mol. The van der Waals surface area contributed by atoms with Gasteiger partial charge in [0.15, 0.2) is 0 Å². The third-order valence-electron chi connectivity index (χ3n) is 2.62. The maximum absolute atomic E-state index is 11.5. The number of hydrogen-bond donors (Lipinski definition) is 3. The zero-order valence-electron chi connectivity index (χ0n) is 10.6. The maximum atomic E-state index is 11.5. The lowest BCUT2D eigenvalue weighted by atomic mass is 10.1. The molecule has 5 nitrogen and oxygen atoms in total. The lowest BCUT2D eigenvalue weighted by Crippen LogP contribution is -2.29. The summed E-state index contributed by atoms with van der Waals surface area (Å²) in [6.07, 6.45) is 1.19. The Morgan fingerprint density at radius 2 is 1.95 bits per heavy atom. The second kappa shape index (κ2) is 7.78. The number of amides is 2. The van der Waals surface area contributed by atoms with Gasteiger partial charge in [0.2, 0.25) is 0 Å². The SMILES string of the molecule is CC(CCCNC(=O)Nc1ccc(Br)cc1)C(=O)O. The van der Waals surface area contributed by atoms with Crippen molar-refractivity contribution in [2.24, 2.45) is 5.92 Å². The first kappa shape index (κ1) is 15.5. The first-order valence-corrected chi connectivity index (χ1v) is 6.81. The Hall–Kier alpha value is -1.56. The molecule has 3 N–H and O–H groups in total. The molecule has 0 spiro atoms. The number of carboxylic acid groups (broad SMARTS) is 1. The van der Waals surface area contributed by atoms with Crippen molar-refractivity contribution in [3.63, 3.8) is 0 Å². The minimum absolute atomic E-state index is 0.287. The summed E-state index contributed by atoms with van der Waals surface area (Å²) in [5, 5.41) is 14.1. The molecule has 1 aromatic carbocycles. The van der Waals surface area contributed by atoms with Gasteiger partial charge in [0.1, 0.15) is 0 Å². The zero-order chi connectivity index (χ0) is 14.3. The van der Waals surface area contributed by atoms with E-state index in [0.29, 0.717) is 25.1 Å². The molecule has 0 aliphatic rings. The molecule has 2 amide bonds. The monoisotopic (exact) mass is 328 g/mol. The molecule has 0 aliphatic heterocycles. The van der Waals surface area contributed by atoms with Crippen LogP contribution in [0.5, 0.6) is 0 Å². The van der Waals surface area contributed by atoms with E-state index in [4.69, 9.17) is 5.11 Å². The van der Waals surface area contributed by atoms with E-state index in [1.807, 2.05) is 12.1 Å². The fraction of sp³-hybridized carbons (Fsp3) is 0.385. The number of nitrogens with one attached hydrogen (secondary N) is 2. The number of hydrogen-bond acceptors (Lipinski definition) is 2. The molecule has 1 unspecified atom stereocenters. The van der Waals surface area contributed by atoms with Crippen LogP contribution in [0.15, 0.2) is 28.7 Å². The van der Waals surface area contributed by atoms with E-state index in [9.17, 15) is 9.59 Å². The maximum Gasteiger partial charge on any atom is 0.319 e. The molecule has 0 radical (unpaired) electrons. The summed E-state index contributed by atoms with van der Waals surface area (Å²) in [5.74, 6) is -1.18. The lowest BCUT2D eigenvalue weighted by Gasteiger charge is -2.09. The van der Waals surface area contributed by atoms with Crippen molar-refractivity contribution in [3.8, 4) is 0 Å². The van der Waals surface area contributed by atoms with Crippen molar-refractivity contribution in [2.45, 2.75) is 19.8 Å². The molecule has 1 aromatic rings. The highest BCUT2D eigenvalue weighted by Crippen LogP contribution is 2.13. The van der Waals surface area contributed by atoms with Crippen LogP contribution in [0.25, 0.3) is 0 Å². The van der Waals surface area contributed by atoms with Gasteiger partial charge in [-0.25, -0.2) is 4.79 Å². The van der Waals surface area contributed by atoms with Crippen molar-refractivity contribution in [3.05, 3.63) is 28.7 Å². The van der Waals surface area contributed by atoms with E-state index in [-0.39, 0.29) is 11.9 Å². The van der Waals surface area contributed by atoms with Crippen molar-refractivity contribution in [1.29, 1.82) is 0 Å². The third-order valence-corrected chi connectivity index (χ3v) is 3.15.